The monoisotopic (exact) mass is 207 g/mol. The lowest BCUT2D eigenvalue weighted by Crippen LogP contribution is -1.85. The summed E-state index contributed by atoms with van der Waals surface area (Å²) >= 11 is 1.60. The number of ketones is 1. The van der Waals surface area contributed by atoms with Crippen LogP contribution in [0.4, 0.5) is 0 Å². The molecule has 0 aliphatic heterocycles. The van der Waals surface area contributed by atoms with Crippen LogP contribution in [0.5, 0.6) is 0 Å². The molecule has 0 unspecified atom stereocenters. The van der Waals surface area contributed by atoms with Crippen LogP contribution < -0.4 is 0 Å². The molecule has 2 rings (SSSR count). The van der Waals surface area contributed by atoms with Gasteiger partial charge in [-0.05, 0) is 19.1 Å². The first-order chi connectivity index (χ1) is 6.66. The number of nitrogens with zero attached hydrogens (tertiary/aromatic N) is 1. The molecule has 0 saturated heterocycles. The first kappa shape index (κ1) is 9.15. The van der Waals surface area contributed by atoms with Gasteiger partial charge in [0, 0.05) is 11.8 Å². The predicted octanol–water partition coefficient (Wildman–Crippen LogP) is 2.91. The SMILES string of the molecule is CC(=O)c1cnc(-c2ccc(C)s2)o1. The molecular formula is C10H9NO2S. The number of Topliss-reactive ketones (excluding diaryl/α,β-unsaturated/α-hetero) is 1. The largest absolute Gasteiger partial charge is 0.432 e. The maximum atomic E-state index is 11.0. The molecule has 0 N–H and O–H groups in total. The van der Waals surface area contributed by atoms with Gasteiger partial charge >= 0.3 is 0 Å². The van der Waals surface area contributed by atoms with E-state index in [1.807, 2.05) is 19.1 Å². The number of rotatable bonds is 2. The van der Waals surface area contributed by atoms with Crippen molar-refractivity contribution in [2.45, 2.75) is 13.8 Å². The Bertz CT molecular complexity index is 470. The molecule has 0 radical (unpaired) electrons. The molecule has 0 amide bonds. The summed E-state index contributed by atoms with van der Waals surface area (Å²) in [6, 6.07) is 3.94. The Kier molecular flexibility index (Phi) is 2.21. The van der Waals surface area contributed by atoms with Crippen molar-refractivity contribution in [1.82, 2.24) is 4.98 Å². The molecule has 0 spiro atoms. The quantitative estimate of drug-likeness (QED) is 0.711. The Labute approximate surface area is 85.4 Å². The Balaban J connectivity index is 2.38. The molecule has 14 heavy (non-hydrogen) atoms. The number of thiophene rings is 1. The van der Waals surface area contributed by atoms with Crippen molar-refractivity contribution in [2.24, 2.45) is 0 Å². The molecule has 0 saturated carbocycles. The van der Waals surface area contributed by atoms with Gasteiger partial charge in [0.1, 0.15) is 0 Å². The fourth-order valence-electron chi connectivity index (χ4n) is 1.10. The molecule has 3 nitrogen and oxygen atoms in total. The zero-order valence-electron chi connectivity index (χ0n) is 7.90. The van der Waals surface area contributed by atoms with Crippen molar-refractivity contribution in [2.75, 3.05) is 0 Å². The average molecular weight is 207 g/mol. The maximum Gasteiger partial charge on any atom is 0.237 e. The fraction of sp³-hybridized carbons (Fsp3) is 0.200. The van der Waals surface area contributed by atoms with E-state index in [4.69, 9.17) is 4.42 Å². The van der Waals surface area contributed by atoms with Gasteiger partial charge in [0.25, 0.3) is 0 Å². The van der Waals surface area contributed by atoms with Crippen LogP contribution >= 0.6 is 11.3 Å². The first-order valence-corrected chi connectivity index (χ1v) is 5.02. The number of hydrogen-bond donors (Lipinski definition) is 0. The van der Waals surface area contributed by atoms with Crippen LogP contribution in [0.25, 0.3) is 10.8 Å². The third-order valence-electron chi connectivity index (χ3n) is 1.80. The van der Waals surface area contributed by atoms with Gasteiger partial charge in [-0.25, -0.2) is 4.98 Å². The van der Waals surface area contributed by atoms with Crippen molar-refractivity contribution >= 4 is 17.1 Å². The van der Waals surface area contributed by atoms with E-state index in [0.717, 1.165) is 4.88 Å². The highest BCUT2D eigenvalue weighted by molar-refractivity contribution is 7.15. The molecule has 0 aliphatic rings. The van der Waals surface area contributed by atoms with Crippen LogP contribution in [0.1, 0.15) is 22.4 Å². The van der Waals surface area contributed by atoms with Crippen LogP contribution in [-0.2, 0) is 0 Å². The second-order valence-electron chi connectivity index (χ2n) is 3.00. The Hall–Kier alpha value is -1.42. The number of aryl methyl sites for hydroxylation is 1. The zero-order chi connectivity index (χ0) is 10.1. The van der Waals surface area contributed by atoms with Crippen molar-refractivity contribution in [3.05, 3.63) is 29.0 Å². The predicted molar refractivity (Wildman–Crippen MR) is 54.6 cm³/mol. The number of oxazole rings is 1. The number of carbonyl (C=O) groups is 1. The van der Waals surface area contributed by atoms with E-state index in [9.17, 15) is 4.79 Å². The number of carbonyl (C=O) groups excluding carboxylic acids is 1. The van der Waals surface area contributed by atoms with E-state index in [-0.39, 0.29) is 5.78 Å². The molecule has 0 aromatic carbocycles. The van der Waals surface area contributed by atoms with E-state index >= 15 is 0 Å². The van der Waals surface area contributed by atoms with Crippen LogP contribution in [0, 0.1) is 6.92 Å². The lowest BCUT2D eigenvalue weighted by molar-refractivity contribution is 0.0988. The molecule has 2 aromatic rings. The second kappa shape index (κ2) is 3.38. The van der Waals surface area contributed by atoms with E-state index in [2.05, 4.69) is 4.98 Å². The lowest BCUT2D eigenvalue weighted by Gasteiger charge is -1.87. The van der Waals surface area contributed by atoms with Crippen molar-refractivity contribution in [1.29, 1.82) is 0 Å². The highest BCUT2D eigenvalue weighted by Gasteiger charge is 2.10. The van der Waals surface area contributed by atoms with Gasteiger partial charge in [-0.3, -0.25) is 4.79 Å². The summed E-state index contributed by atoms with van der Waals surface area (Å²) in [4.78, 5) is 17.2. The smallest absolute Gasteiger partial charge is 0.237 e. The van der Waals surface area contributed by atoms with Gasteiger partial charge in [-0.2, -0.15) is 0 Å². The molecule has 2 aromatic heterocycles. The van der Waals surface area contributed by atoms with Crippen molar-refractivity contribution < 1.29 is 9.21 Å². The van der Waals surface area contributed by atoms with Gasteiger partial charge in [0.2, 0.25) is 5.89 Å². The molecule has 2 heterocycles. The molecular weight excluding hydrogens is 198 g/mol. The van der Waals surface area contributed by atoms with Gasteiger partial charge in [-0.15, -0.1) is 11.3 Å². The average Bonchev–Trinajstić information content (AvgIpc) is 2.70. The fourth-order valence-corrected chi connectivity index (χ4v) is 1.90. The van der Waals surface area contributed by atoms with E-state index in [1.165, 1.54) is 18.0 Å². The Morgan fingerprint density at radius 3 is 2.79 bits per heavy atom. The lowest BCUT2D eigenvalue weighted by atomic mass is 10.4. The summed E-state index contributed by atoms with van der Waals surface area (Å²) in [5.41, 5.74) is 0. The molecule has 72 valence electrons. The van der Waals surface area contributed by atoms with Gasteiger partial charge in [0.05, 0.1) is 11.1 Å². The standard InChI is InChI=1S/C10H9NO2S/c1-6-3-4-9(14-6)10-11-5-8(13-10)7(2)12/h3-5H,1-2H3. The van der Waals surface area contributed by atoms with Crippen LogP contribution in [-0.4, -0.2) is 10.8 Å². The molecule has 0 aliphatic carbocycles. The normalized spacial score (nSPS) is 10.4. The van der Waals surface area contributed by atoms with Crippen molar-refractivity contribution in [3.63, 3.8) is 0 Å². The van der Waals surface area contributed by atoms with Crippen LogP contribution in [0.2, 0.25) is 0 Å². The summed E-state index contributed by atoms with van der Waals surface area (Å²) in [5.74, 6) is 0.733. The van der Waals surface area contributed by atoms with E-state index in [0.29, 0.717) is 11.7 Å². The zero-order valence-corrected chi connectivity index (χ0v) is 8.72. The topological polar surface area (TPSA) is 43.1 Å². The van der Waals surface area contributed by atoms with Gasteiger partial charge in [0.15, 0.2) is 11.5 Å². The third kappa shape index (κ3) is 1.61. The Morgan fingerprint density at radius 1 is 1.50 bits per heavy atom. The van der Waals surface area contributed by atoms with Crippen molar-refractivity contribution in [3.8, 4) is 10.8 Å². The summed E-state index contributed by atoms with van der Waals surface area (Å²) in [7, 11) is 0. The van der Waals surface area contributed by atoms with E-state index < -0.39 is 0 Å². The summed E-state index contributed by atoms with van der Waals surface area (Å²) < 4.78 is 5.29. The minimum absolute atomic E-state index is 0.1000. The van der Waals surface area contributed by atoms with Gasteiger partial charge in [-0.1, -0.05) is 0 Å². The minimum atomic E-state index is -0.1000. The third-order valence-corrected chi connectivity index (χ3v) is 2.79. The molecule has 0 bridgehead atoms. The number of aromatic nitrogens is 1. The van der Waals surface area contributed by atoms with E-state index in [1.54, 1.807) is 11.3 Å². The highest BCUT2D eigenvalue weighted by atomic mass is 32.1. The molecule has 0 atom stereocenters. The van der Waals surface area contributed by atoms with Crippen LogP contribution in [0.15, 0.2) is 22.7 Å². The summed E-state index contributed by atoms with van der Waals surface area (Å²) in [6.07, 6.45) is 1.46. The first-order valence-electron chi connectivity index (χ1n) is 4.20. The summed E-state index contributed by atoms with van der Waals surface area (Å²) in [5, 5.41) is 0. The molecule has 0 fully saturated rings. The summed E-state index contributed by atoms with van der Waals surface area (Å²) in [6.45, 7) is 3.48. The van der Waals surface area contributed by atoms with Crippen LogP contribution in [0.3, 0.4) is 0 Å². The van der Waals surface area contributed by atoms with Gasteiger partial charge < -0.3 is 4.42 Å². The highest BCUT2D eigenvalue weighted by Crippen LogP contribution is 2.27. The number of hydrogen-bond acceptors (Lipinski definition) is 4. The second-order valence-corrected chi connectivity index (χ2v) is 4.28. The Morgan fingerprint density at radius 2 is 2.29 bits per heavy atom. The maximum absolute atomic E-state index is 11.0. The molecule has 4 heteroatoms. The minimum Gasteiger partial charge on any atom is -0.432 e.